The molecule has 0 aromatic heterocycles. The second-order valence-electron chi connectivity index (χ2n) is 5.78. The van der Waals surface area contributed by atoms with E-state index in [1.807, 2.05) is 18.7 Å². The summed E-state index contributed by atoms with van der Waals surface area (Å²) in [5.74, 6) is 1.92. The van der Waals surface area contributed by atoms with Gasteiger partial charge in [0.1, 0.15) is 0 Å². The van der Waals surface area contributed by atoms with E-state index in [9.17, 15) is 0 Å². The Morgan fingerprint density at radius 1 is 0.889 bits per heavy atom. The van der Waals surface area contributed by atoms with E-state index in [1.165, 1.54) is 57.8 Å². The molecule has 1 unspecified atom stereocenters. The Kier molecular flexibility index (Phi) is 11.2. The van der Waals surface area contributed by atoms with Crippen molar-refractivity contribution in [2.24, 2.45) is 11.7 Å². The van der Waals surface area contributed by atoms with E-state index in [0.717, 1.165) is 18.2 Å². The molecular formula is C16H35N2+. The molecule has 18 heavy (non-hydrogen) atoms. The van der Waals surface area contributed by atoms with E-state index in [0.29, 0.717) is 0 Å². The van der Waals surface area contributed by atoms with Crippen LogP contribution in [0.25, 0.3) is 0 Å². The molecular weight excluding hydrogens is 220 g/mol. The van der Waals surface area contributed by atoms with Crippen molar-refractivity contribution in [3.8, 4) is 0 Å². The number of hydrogen-bond donors (Lipinski definition) is 1. The van der Waals surface area contributed by atoms with Crippen molar-refractivity contribution in [2.75, 3.05) is 14.1 Å². The molecule has 0 aliphatic heterocycles. The fraction of sp³-hybridized carbons (Fsp3) is 0.938. The van der Waals surface area contributed by atoms with Gasteiger partial charge < -0.3 is 0 Å². The van der Waals surface area contributed by atoms with Crippen LogP contribution in [-0.2, 0) is 0 Å². The molecule has 2 N–H and O–H groups in total. The van der Waals surface area contributed by atoms with Gasteiger partial charge in [-0.1, -0.05) is 65.2 Å². The lowest BCUT2D eigenvalue weighted by Gasteiger charge is -2.15. The molecule has 0 amide bonds. The first-order valence-corrected chi connectivity index (χ1v) is 7.90. The molecule has 0 heterocycles. The summed E-state index contributed by atoms with van der Waals surface area (Å²) in [6.45, 7) is 4.57. The van der Waals surface area contributed by atoms with Gasteiger partial charge in [0.05, 0.1) is 14.1 Å². The summed E-state index contributed by atoms with van der Waals surface area (Å²) >= 11 is 0. The van der Waals surface area contributed by atoms with Gasteiger partial charge in [0.15, 0.2) is 0 Å². The molecule has 1 atom stereocenters. The Balaban J connectivity index is 3.94. The lowest BCUT2D eigenvalue weighted by molar-refractivity contribution is -0.466. The van der Waals surface area contributed by atoms with Crippen molar-refractivity contribution in [3.05, 3.63) is 0 Å². The van der Waals surface area contributed by atoms with Gasteiger partial charge in [-0.15, -0.1) is 0 Å². The van der Waals surface area contributed by atoms with Gasteiger partial charge in [-0.3, -0.25) is 10.3 Å². The average Bonchev–Trinajstić information content (AvgIpc) is 2.36. The van der Waals surface area contributed by atoms with Crippen LogP contribution in [0.3, 0.4) is 0 Å². The molecule has 0 radical (unpaired) electrons. The zero-order valence-corrected chi connectivity index (χ0v) is 13.2. The summed E-state index contributed by atoms with van der Waals surface area (Å²) in [6, 6.07) is 0. The van der Waals surface area contributed by atoms with E-state index in [4.69, 9.17) is 5.73 Å². The maximum absolute atomic E-state index is 6.01. The molecule has 0 spiro atoms. The molecule has 0 fully saturated rings. The van der Waals surface area contributed by atoms with Gasteiger partial charge in [-0.2, -0.15) is 0 Å². The molecule has 0 aliphatic rings. The van der Waals surface area contributed by atoms with Crippen LogP contribution in [0.15, 0.2) is 0 Å². The number of unbranched alkanes of at least 4 members (excludes halogenated alkanes) is 4. The highest BCUT2D eigenvalue weighted by atomic mass is 15.0. The second-order valence-corrected chi connectivity index (χ2v) is 5.78. The number of nitrogens with zero attached hydrogens (tertiary/aromatic N) is 1. The molecule has 0 aliphatic carbocycles. The van der Waals surface area contributed by atoms with E-state index < -0.39 is 0 Å². The van der Waals surface area contributed by atoms with Gasteiger partial charge in [0.25, 0.3) is 0 Å². The zero-order valence-electron chi connectivity index (χ0n) is 13.2. The molecule has 0 rings (SSSR count). The van der Waals surface area contributed by atoms with Crippen LogP contribution in [0.5, 0.6) is 0 Å². The molecule has 2 heteroatoms. The summed E-state index contributed by atoms with van der Waals surface area (Å²) in [4.78, 5) is 0. The number of nitrogens with two attached hydrogens (primary N) is 1. The highest BCUT2D eigenvalue weighted by Crippen LogP contribution is 2.22. The fourth-order valence-electron chi connectivity index (χ4n) is 2.36. The Morgan fingerprint density at radius 2 is 1.50 bits per heavy atom. The van der Waals surface area contributed by atoms with Crippen molar-refractivity contribution in [1.29, 1.82) is 0 Å². The van der Waals surface area contributed by atoms with Crippen LogP contribution >= 0.6 is 0 Å². The van der Waals surface area contributed by atoms with Gasteiger partial charge in [0, 0.05) is 6.42 Å². The first-order chi connectivity index (χ1) is 8.61. The van der Waals surface area contributed by atoms with Gasteiger partial charge >= 0.3 is 0 Å². The predicted octanol–water partition coefficient (Wildman–Crippen LogP) is 4.17. The van der Waals surface area contributed by atoms with Crippen molar-refractivity contribution in [2.45, 2.75) is 78.1 Å². The molecule has 0 aromatic carbocycles. The second kappa shape index (κ2) is 11.6. The number of amidine groups is 1. The average molecular weight is 255 g/mol. The van der Waals surface area contributed by atoms with Crippen molar-refractivity contribution < 1.29 is 4.58 Å². The largest absolute Gasteiger partial charge is 0.291 e. The summed E-state index contributed by atoms with van der Waals surface area (Å²) in [6.07, 6.45) is 13.4. The van der Waals surface area contributed by atoms with Crippen LogP contribution in [0.1, 0.15) is 78.1 Å². The number of rotatable bonds is 11. The minimum atomic E-state index is 0.889. The minimum absolute atomic E-state index is 0.889. The van der Waals surface area contributed by atoms with Crippen LogP contribution in [0.4, 0.5) is 0 Å². The van der Waals surface area contributed by atoms with Crippen LogP contribution in [-0.4, -0.2) is 24.5 Å². The first-order valence-electron chi connectivity index (χ1n) is 7.90. The Hall–Kier alpha value is -0.530. The summed E-state index contributed by atoms with van der Waals surface area (Å²) < 4.78 is 2.05. The Labute approximate surface area is 115 Å². The monoisotopic (exact) mass is 255 g/mol. The summed E-state index contributed by atoms with van der Waals surface area (Å²) in [5.41, 5.74) is 6.01. The molecule has 0 saturated carbocycles. The highest BCUT2D eigenvalue weighted by Gasteiger charge is 2.11. The lowest BCUT2D eigenvalue weighted by Crippen LogP contribution is -2.23. The third-order valence-electron chi connectivity index (χ3n) is 3.82. The topological polar surface area (TPSA) is 29.0 Å². The normalized spacial score (nSPS) is 12.4. The molecule has 0 aromatic rings. The first kappa shape index (κ1) is 17.5. The Bertz CT molecular complexity index is 217. The van der Waals surface area contributed by atoms with Crippen LogP contribution in [0, 0.1) is 5.92 Å². The fourth-order valence-corrected chi connectivity index (χ4v) is 2.36. The molecule has 0 saturated heterocycles. The lowest BCUT2D eigenvalue weighted by atomic mass is 9.91. The quantitative estimate of drug-likeness (QED) is 0.255. The third-order valence-corrected chi connectivity index (χ3v) is 3.82. The van der Waals surface area contributed by atoms with E-state index in [2.05, 4.69) is 13.8 Å². The van der Waals surface area contributed by atoms with E-state index >= 15 is 0 Å². The summed E-state index contributed by atoms with van der Waals surface area (Å²) in [5, 5.41) is 0. The van der Waals surface area contributed by atoms with Crippen molar-refractivity contribution in [1.82, 2.24) is 0 Å². The summed E-state index contributed by atoms with van der Waals surface area (Å²) in [7, 11) is 4.08. The van der Waals surface area contributed by atoms with Gasteiger partial charge in [-0.25, -0.2) is 0 Å². The maximum Gasteiger partial charge on any atom is 0.242 e. The number of hydrogen-bond acceptors (Lipinski definition) is 0. The Morgan fingerprint density at radius 3 is 2.06 bits per heavy atom. The van der Waals surface area contributed by atoms with Crippen LogP contribution < -0.4 is 5.73 Å². The SMILES string of the molecule is CCCCCCC(CCCC)CCC(N)=[N+](C)C. The molecule has 0 bridgehead atoms. The maximum atomic E-state index is 6.01. The minimum Gasteiger partial charge on any atom is -0.291 e. The van der Waals surface area contributed by atoms with Gasteiger partial charge in [0.2, 0.25) is 5.84 Å². The van der Waals surface area contributed by atoms with Gasteiger partial charge in [-0.05, 0) is 12.3 Å². The van der Waals surface area contributed by atoms with Crippen molar-refractivity contribution >= 4 is 5.84 Å². The van der Waals surface area contributed by atoms with Crippen LogP contribution in [0.2, 0.25) is 0 Å². The van der Waals surface area contributed by atoms with Crippen molar-refractivity contribution in [3.63, 3.8) is 0 Å². The predicted molar refractivity (Wildman–Crippen MR) is 82.3 cm³/mol. The smallest absolute Gasteiger partial charge is 0.242 e. The van der Waals surface area contributed by atoms with E-state index in [1.54, 1.807) is 0 Å². The van der Waals surface area contributed by atoms with E-state index in [-0.39, 0.29) is 0 Å². The third kappa shape index (κ3) is 9.49. The molecule has 108 valence electrons. The standard InChI is InChI=1S/C16H34N2/c1-5-7-9-10-12-15(11-8-6-2)13-14-16(17)18(3)4/h15,17H,5-14H2,1-4H3/p+1. The molecule has 2 nitrogen and oxygen atoms in total. The highest BCUT2D eigenvalue weighted by molar-refractivity contribution is 5.75. The zero-order chi connectivity index (χ0) is 13.8.